The Balaban J connectivity index is 1.42. The van der Waals surface area contributed by atoms with Crippen LogP contribution in [-0.4, -0.2) is 20.8 Å². The predicted octanol–water partition coefficient (Wildman–Crippen LogP) is 3.73. The van der Waals surface area contributed by atoms with Crippen LogP contribution in [0.5, 0.6) is 0 Å². The second-order valence-electron chi connectivity index (χ2n) is 6.02. The average molecular weight is 345 g/mol. The van der Waals surface area contributed by atoms with Gasteiger partial charge in [0.2, 0.25) is 0 Å². The Bertz CT molecular complexity index is 1020. The van der Waals surface area contributed by atoms with Crippen LogP contribution < -0.4 is 10.6 Å². The highest BCUT2D eigenvalue weighted by atomic mass is 16.2. The van der Waals surface area contributed by atoms with Crippen molar-refractivity contribution in [2.24, 2.45) is 0 Å². The van der Waals surface area contributed by atoms with Gasteiger partial charge >= 0.3 is 6.03 Å². The smallest absolute Gasteiger partial charge is 0.319 e. The summed E-state index contributed by atoms with van der Waals surface area (Å²) in [6.45, 7) is 1.13. The van der Waals surface area contributed by atoms with E-state index in [0.717, 1.165) is 27.7 Å². The summed E-state index contributed by atoms with van der Waals surface area (Å²) in [5.41, 5.74) is 3.97. The van der Waals surface area contributed by atoms with Crippen molar-refractivity contribution in [3.05, 3.63) is 84.3 Å². The van der Waals surface area contributed by atoms with E-state index < -0.39 is 0 Å². The summed E-state index contributed by atoms with van der Waals surface area (Å²) in [5.74, 6) is 0. The first kappa shape index (κ1) is 16.0. The summed E-state index contributed by atoms with van der Waals surface area (Å²) in [6, 6.07) is 17.4. The molecule has 4 rings (SSSR count). The maximum atomic E-state index is 12.3. The quantitative estimate of drug-likeness (QED) is 0.515. The zero-order chi connectivity index (χ0) is 17.8. The number of aromatic amines is 1. The molecule has 0 atom stereocenters. The fourth-order valence-electron chi connectivity index (χ4n) is 2.99. The Morgan fingerprint density at radius 1 is 1.04 bits per heavy atom. The third-order valence-electron chi connectivity index (χ3n) is 4.29. The molecule has 130 valence electrons. The van der Waals surface area contributed by atoms with Crippen LogP contribution in [-0.2, 0) is 13.1 Å². The van der Waals surface area contributed by atoms with Gasteiger partial charge in [-0.05, 0) is 35.4 Å². The van der Waals surface area contributed by atoms with Gasteiger partial charge in [0.1, 0.15) is 0 Å². The van der Waals surface area contributed by atoms with Gasteiger partial charge < -0.3 is 15.6 Å². The number of nitrogens with one attached hydrogen (secondary N) is 3. The number of nitrogens with zero attached hydrogens (tertiary/aromatic N) is 2. The molecule has 0 radical (unpaired) electrons. The largest absolute Gasteiger partial charge is 0.361 e. The monoisotopic (exact) mass is 345 g/mol. The van der Waals surface area contributed by atoms with E-state index in [1.54, 1.807) is 6.20 Å². The lowest BCUT2D eigenvalue weighted by Crippen LogP contribution is -2.28. The van der Waals surface area contributed by atoms with Crippen molar-refractivity contribution in [3.8, 4) is 0 Å². The Hall–Kier alpha value is -3.54. The minimum atomic E-state index is -0.229. The Kier molecular flexibility index (Phi) is 4.38. The van der Waals surface area contributed by atoms with Crippen molar-refractivity contribution in [2.75, 3.05) is 5.32 Å². The number of hydrogen-bond donors (Lipinski definition) is 3. The Labute approximate surface area is 150 Å². The van der Waals surface area contributed by atoms with Crippen molar-refractivity contribution >= 4 is 22.6 Å². The zero-order valence-electron chi connectivity index (χ0n) is 14.1. The molecule has 26 heavy (non-hydrogen) atoms. The van der Waals surface area contributed by atoms with Gasteiger partial charge in [-0.2, -0.15) is 5.10 Å². The molecular weight excluding hydrogens is 326 g/mol. The van der Waals surface area contributed by atoms with Crippen LogP contribution in [0.4, 0.5) is 10.5 Å². The number of hydrogen-bond acceptors (Lipinski definition) is 2. The van der Waals surface area contributed by atoms with Gasteiger partial charge in [-0.15, -0.1) is 0 Å². The molecule has 0 fully saturated rings. The highest BCUT2D eigenvalue weighted by Crippen LogP contribution is 2.22. The first-order valence-corrected chi connectivity index (χ1v) is 8.45. The summed E-state index contributed by atoms with van der Waals surface area (Å²) in [5, 5.41) is 11.1. The van der Waals surface area contributed by atoms with Crippen molar-refractivity contribution < 1.29 is 4.79 Å². The summed E-state index contributed by atoms with van der Waals surface area (Å²) >= 11 is 0. The SMILES string of the molecule is O=C(NCc1ccccc1Cn1cccn1)Nc1cccc2[nH]ccc12. The molecule has 0 aliphatic rings. The van der Waals surface area contributed by atoms with E-state index >= 15 is 0 Å². The summed E-state index contributed by atoms with van der Waals surface area (Å²) in [4.78, 5) is 15.5. The Morgan fingerprint density at radius 2 is 1.92 bits per heavy atom. The fraction of sp³-hybridized carbons (Fsp3) is 0.100. The molecule has 2 aromatic carbocycles. The van der Waals surface area contributed by atoms with E-state index in [9.17, 15) is 4.79 Å². The molecule has 0 unspecified atom stereocenters. The molecule has 0 saturated heterocycles. The van der Waals surface area contributed by atoms with Crippen molar-refractivity contribution in [2.45, 2.75) is 13.1 Å². The normalized spacial score (nSPS) is 10.8. The molecule has 2 amide bonds. The van der Waals surface area contributed by atoms with Gasteiger partial charge in [-0.3, -0.25) is 4.68 Å². The van der Waals surface area contributed by atoms with Crippen molar-refractivity contribution in [1.29, 1.82) is 0 Å². The lowest BCUT2D eigenvalue weighted by atomic mass is 10.1. The molecule has 0 saturated carbocycles. The lowest BCUT2D eigenvalue weighted by molar-refractivity contribution is 0.251. The molecule has 2 aromatic heterocycles. The second kappa shape index (κ2) is 7.14. The van der Waals surface area contributed by atoms with Crippen LogP contribution in [0.1, 0.15) is 11.1 Å². The van der Waals surface area contributed by atoms with Gasteiger partial charge in [0.15, 0.2) is 0 Å². The molecule has 0 bridgehead atoms. The third-order valence-corrected chi connectivity index (χ3v) is 4.29. The standard InChI is InChI=1S/C20H19N5O/c26-20(24-19-8-3-7-18-17(19)9-11-21-18)22-13-15-5-1-2-6-16(15)14-25-12-4-10-23-25/h1-12,21H,13-14H2,(H2,22,24,26). The molecule has 0 aliphatic carbocycles. The third kappa shape index (κ3) is 3.44. The zero-order valence-corrected chi connectivity index (χ0v) is 14.1. The van der Waals surface area contributed by atoms with Gasteiger partial charge in [0.05, 0.1) is 12.2 Å². The van der Waals surface area contributed by atoms with E-state index in [-0.39, 0.29) is 6.03 Å². The van der Waals surface area contributed by atoms with Crippen LogP contribution in [0.2, 0.25) is 0 Å². The molecule has 4 aromatic rings. The molecule has 3 N–H and O–H groups in total. The van der Waals surface area contributed by atoms with Crippen molar-refractivity contribution in [3.63, 3.8) is 0 Å². The predicted molar refractivity (Wildman–Crippen MR) is 102 cm³/mol. The van der Waals surface area contributed by atoms with E-state index in [4.69, 9.17) is 0 Å². The van der Waals surface area contributed by atoms with E-state index in [0.29, 0.717) is 13.1 Å². The van der Waals surface area contributed by atoms with Crippen LogP contribution in [0.3, 0.4) is 0 Å². The highest BCUT2D eigenvalue weighted by molar-refractivity contribution is 6.00. The number of rotatable bonds is 5. The number of carbonyl (C=O) groups is 1. The van der Waals surface area contributed by atoms with Crippen molar-refractivity contribution in [1.82, 2.24) is 20.1 Å². The first-order chi connectivity index (χ1) is 12.8. The van der Waals surface area contributed by atoms with E-state index in [2.05, 4.69) is 26.8 Å². The number of benzene rings is 2. The van der Waals surface area contributed by atoms with Crippen LogP contribution >= 0.6 is 0 Å². The fourth-order valence-corrected chi connectivity index (χ4v) is 2.99. The highest BCUT2D eigenvalue weighted by Gasteiger charge is 2.08. The average Bonchev–Trinajstić information content (AvgIpc) is 3.33. The van der Waals surface area contributed by atoms with Crippen LogP contribution in [0.15, 0.2) is 73.2 Å². The van der Waals surface area contributed by atoms with Crippen LogP contribution in [0, 0.1) is 0 Å². The topological polar surface area (TPSA) is 74.7 Å². The molecule has 0 aliphatic heterocycles. The number of amides is 2. The van der Waals surface area contributed by atoms with Gasteiger partial charge in [-0.1, -0.05) is 30.3 Å². The summed E-state index contributed by atoms with van der Waals surface area (Å²) < 4.78 is 1.87. The Morgan fingerprint density at radius 3 is 2.77 bits per heavy atom. The molecule has 2 heterocycles. The van der Waals surface area contributed by atoms with Crippen LogP contribution in [0.25, 0.3) is 10.9 Å². The first-order valence-electron chi connectivity index (χ1n) is 8.45. The maximum Gasteiger partial charge on any atom is 0.319 e. The number of H-pyrrole nitrogens is 1. The number of anilines is 1. The number of aromatic nitrogens is 3. The number of urea groups is 1. The lowest BCUT2D eigenvalue weighted by Gasteiger charge is -2.12. The molecular formula is C20H19N5O. The maximum absolute atomic E-state index is 12.3. The summed E-state index contributed by atoms with van der Waals surface area (Å²) in [6.07, 6.45) is 5.55. The molecule has 6 nitrogen and oxygen atoms in total. The minimum absolute atomic E-state index is 0.229. The number of carbonyl (C=O) groups excluding carboxylic acids is 1. The molecule has 0 spiro atoms. The van der Waals surface area contributed by atoms with E-state index in [1.807, 2.05) is 65.6 Å². The van der Waals surface area contributed by atoms with Gasteiger partial charge in [-0.25, -0.2) is 4.79 Å². The van der Waals surface area contributed by atoms with Gasteiger partial charge in [0, 0.05) is 36.0 Å². The van der Waals surface area contributed by atoms with E-state index in [1.165, 1.54) is 0 Å². The number of fused-ring (bicyclic) bond motifs is 1. The minimum Gasteiger partial charge on any atom is -0.361 e. The molecule has 6 heteroatoms. The summed E-state index contributed by atoms with van der Waals surface area (Å²) in [7, 11) is 0. The van der Waals surface area contributed by atoms with Gasteiger partial charge in [0.25, 0.3) is 0 Å². The second-order valence-corrected chi connectivity index (χ2v) is 6.02.